The number of halogens is 1. The number of nitrogens with one attached hydrogen (secondary N) is 1. The molecule has 0 amide bonds. The van der Waals surface area contributed by atoms with Crippen molar-refractivity contribution in [3.05, 3.63) is 5.82 Å². The van der Waals surface area contributed by atoms with E-state index in [2.05, 4.69) is 35.4 Å². The van der Waals surface area contributed by atoms with Crippen molar-refractivity contribution in [2.75, 3.05) is 17.7 Å². The Bertz CT molecular complexity index is 302. The quantitative estimate of drug-likeness (QED) is 0.763. The number of anilines is 1. The van der Waals surface area contributed by atoms with Crippen molar-refractivity contribution in [3.8, 4) is 0 Å². The van der Waals surface area contributed by atoms with E-state index in [4.69, 9.17) is 11.6 Å². The topological polar surface area (TPSA) is 37.8 Å². The summed E-state index contributed by atoms with van der Waals surface area (Å²) >= 11 is 7.48. The lowest BCUT2D eigenvalue weighted by atomic mass is 9.84. The first-order valence-corrected chi connectivity index (χ1v) is 7.13. The molecule has 0 bridgehead atoms. The van der Waals surface area contributed by atoms with E-state index in [0.717, 1.165) is 36.8 Å². The van der Waals surface area contributed by atoms with Gasteiger partial charge < -0.3 is 5.32 Å². The predicted molar refractivity (Wildman–Crippen MR) is 71.5 cm³/mol. The van der Waals surface area contributed by atoms with Gasteiger partial charge in [-0.2, -0.15) is 4.37 Å². The zero-order chi connectivity index (χ0) is 12.0. The predicted octanol–water partition coefficient (Wildman–Crippen LogP) is 3.56. The SMILES string of the molecule is CCc1nsc(NCC(CC)(CC)CCl)n1. The Hall–Kier alpha value is -0.350. The number of hydrogen-bond acceptors (Lipinski definition) is 4. The Labute approximate surface area is 107 Å². The van der Waals surface area contributed by atoms with Gasteiger partial charge in [0.2, 0.25) is 5.13 Å². The van der Waals surface area contributed by atoms with Crippen molar-refractivity contribution in [1.29, 1.82) is 0 Å². The number of rotatable bonds is 7. The van der Waals surface area contributed by atoms with Gasteiger partial charge in [-0.05, 0) is 12.8 Å². The number of hydrogen-bond donors (Lipinski definition) is 1. The largest absolute Gasteiger partial charge is 0.360 e. The fraction of sp³-hybridized carbons (Fsp3) is 0.818. The van der Waals surface area contributed by atoms with Crippen LogP contribution in [0.2, 0.25) is 0 Å². The number of aromatic nitrogens is 2. The molecule has 0 saturated carbocycles. The Morgan fingerprint density at radius 3 is 2.44 bits per heavy atom. The first-order valence-electron chi connectivity index (χ1n) is 5.82. The molecule has 0 unspecified atom stereocenters. The molecule has 0 radical (unpaired) electrons. The average molecular weight is 262 g/mol. The summed E-state index contributed by atoms with van der Waals surface area (Å²) in [5.74, 6) is 1.60. The lowest BCUT2D eigenvalue weighted by molar-refractivity contribution is 0.327. The minimum absolute atomic E-state index is 0.180. The molecule has 1 aromatic rings. The standard InChI is InChI=1S/C11H20ClN3S/c1-4-9-14-10(16-15-9)13-8-11(5-2,6-3)7-12/h4-8H2,1-3H3,(H,13,14,15). The minimum atomic E-state index is 0.180. The van der Waals surface area contributed by atoms with E-state index in [9.17, 15) is 0 Å². The van der Waals surface area contributed by atoms with Crippen molar-refractivity contribution in [3.63, 3.8) is 0 Å². The van der Waals surface area contributed by atoms with Gasteiger partial charge in [-0.15, -0.1) is 11.6 Å². The van der Waals surface area contributed by atoms with Crippen LogP contribution in [0, 0.1) is 5.41 Å². The van der Waals surface area contributed by atoms with Gasteiger partial charge in [-0.25, -0.2) is 4.98 Å². The highest BCUT2D eigenvalue weighted by molar-refractivity contribution is 7.09. The maximum absolute atomic E-state index is 6.05. The van der Waals surface area contributed by atoms with Crippen molar-refractivity contribution in [2.24, 2.45) is 5.41 Å². The lowest BCUT2D eigenvalue weighted by Gasteiger charge is -2.29. The van der Waals surface area contributed by atoms with Gasteiger partial charge >= 0.3 is 0 Å². The molecule has 1 rings (SSSR count). The Kier molecular flexibility index (Phi) is 5.49. The van der Waals surface area contributed by atoms with E-state index in [1.165, 1.54) is 11.5 Å². The Morgan fingerprint density at radius 1 is 1.31 bits per heavy atom. The molecule has 0 aromatic carbocycles. The Morgan fingerprint density at radius 2 is 2.00 bits per heavy atom. The number of aryl methyl sites for hydroxylation is 1. The highest BCUT2D eigenvalue weighted by atomic mass is 35.5. The smallest absolute Gasteiger partial charge is 0.202 e. The van der Waals surface area contributed by atoms with Crippen LogP contribution in [0.3, 0.4) is 0 Å². The number of nitrogens with zero attached hydrogens (tertiary/aromatic N) is 2. The third kappa shape index (κ3) is 3.32. The molecule has 0 spiro atoms. The van der Waals surface area contributed by atoms with Gasteiger partial charge in [0, 0.05) is 35.8 Å². The molecule has 1 heterocycles. The van der Waals surface area contributed by atoms with E-state index >= 15 is 0 Å². The lowest BCUT2D eigenvalue weighted by Crippen LogP contribution is -2.30. The molecule has 1 N–H and O–H groups in total. The molecule has 1 aromatic heterocycles. The fourth-order valence-electron chi connectivity index (χ4n) is 1.47. The van der Waals surface area contributed by atoms with Crippen LogP contribution >= 0.6 is 23.1 Å². The highest BCUT2D eigenvalue weighted by Gasteiger charge is 2.25. The number of alkyl halides is 1. The third-order valence-electron chi connectivity index (χ3n) is 3.18. The summed E-state index contributed by atoms with van der Waals surface area (Å²) in [6.07, 6.45) is 3.05. The molecule has 0 aliphatic heterocycles. The summed E-state index contributed by atoms with van der Waals surface area (Å²) in [6.45, 7) is 7.31. The summed E-state index contributed by atoms with van der Waals surface area (Å²) in [5, 5.41) is 4.26. The normalized spacial score (nSPS) is 11.8. The van der Waals surface area contributed by atoms with E-state index < -0.39 is 0 Å². The summed E-state index contributed by atoms with van der Waals surface area (Å²) in [4.78, 5) is 4.39. The molecule has 0 atom stereocenters. The maximum atomic E-state index is 6.05. The van der Waals surface area contributed by atoms with Crippen LogP contribution in [0.4, 0.5) is 5.13 Å². The molecule has 92 valence electrons. The minimum Gasteiger partial charge on any atom is -0.360 e. The first kappa shape index (κ1) is 13.7. The molecule has 16 heavy (non-hydrogen) atoms. The first-order chi connectivity index (χ1) is 7.69. The van der Waals surface area contributed by atoms with Crippen LogP contribution in [0.25, 0.3) is 0 Å². The van der Waals surface area contributed by atoms with E-state index in [1.54, 1.807) is 0 Å². The van der Waals surface area contributed by atoms with Crippen LogP contribution in [-0.2, 0) is 6.42 Å². The molecule has 0 aliphatic rings. The van der Waals surface area contributed by atoms with Crippen molar-refractivity contribution in [1.82, 2.24) is 9.36 Å². The van der Waals surface area contributed by atoms with Gasteiger partial charge in [-0.1, -0.05) is 20.8 Å². The molecule has 0 fully saturated rings. The van der Waals surface area contributed by atoms with Gasteiger partial charge in [0.05, 0.1) is 0 Å². The molecule has 5 heteroatoms. The maximum Gasteiger partial charge on any atom is 0.202 e. The third-order valence-corrected chi connectivity index (χ3v) is 4.46. The second kappa shape index (κ2) is 6.40. The zero-order valence-electron chi connectivity index (χ0n) is 10.2. The molecular weight excluding hydrogens is 242 g/mol. The summed E-state index contributed by atoms with van der Waals surface area (Å²) < 4.78 is 4.25. The van der Waals surface area contributed by atoms with Crippen LogP contribution in [0.15, 0.2) is 0 Å². The van der Waals surface area contributed by atoms with Gasteiger partial charge in [-0.3, -0.25) is 0 Å². The molecule has 0 saturated heterocycles. The van der Waals surface area contributed by atoms with E-state index in [1.807, 2.05) is 0 Å². The van der Waals surface area contributed by atoms with Gasteiger partial charge in [0.1, 0.15) is 5.82 Å². The Balaban J connectivity index is 2.55. The highest BCUT2D eigenvalue weighted by Crippen LogP contribution is 2.28. The van der Waals surface area contributed by atoms with Gasteiger partial charge in [0.15, 0.2) is 0 Å². The van der Waals surface area contributed by atoms with Crippen LogP contribution in [-0.4, -0.2) is 21.8 Å². The second-order valence-electron chi connectivity index (χ2n) is 4.06. The van der Waals surface area contributed by atoms with Crippen LogP contribution in [0.5, 0.6) is 0 Å². The molecule has 3 nitrogen and oxygen atoms in total. The van der Waals surface area contributed by atoms with Crippen molar-refractivity contribution in [2.45, 2.75) is 40.0 Å². The molecular formula is C11H20ClN3S. The zero-order valence-corrected chi connectivity index (χ0v) is 11.8. The second-order valence-corrected chi connectivity index (χ2v) is 5.08. The van der Waals surface area contributed by atoms with E-state index in [-0.39, 0.29) is 5.41 Å². The van der Waals surface area contributed by atoms with Crippen LogP contribution in [0.1, 0.15) is 39.4 Å². The van der Waals surface area contributed by atoms with Crippen molar-refractivity contribution >= 4 is 28.3 Å². The average Bonchev–Trinajstić information content (AvgIpc) is 2.80. The molecule has 0 aliphatic carbocycles. The monoisotopic (exact) mass is 261 g/mol. The fourth-order valence-corrected chi connectivity index (χ4v) is 2.59. The summed E-state index contributed by atoms with van der Waals surface area (Å²) in [5.41, 5.74) is 0.180. The summed E-state index contributed by atoms with van der Waals surface area (Å²) in [7, 11) is 0. The van der Waals surface area contributed by atoms with Gasteiger partial charge in [0.25, 0.3) is 0 Å². The van der Waals surface area contributed by atoms with Crippen molar-refractivity contribution < 1.29 is 0 Å². The van der Waals surface area contributed by atoms with E-state index in [0.29, 0.717) is 5.88 Å². The van der Waals surface area contributed by atoms with Crippen LogP contribution < -0.4 is 5.32 Å². The summed E-state index contributed by atoms with van der Waals surface area (Å²) in [6, 6.07) is 0.